The van der Waals surface area contributed by atoms with Crippen LogP contribution in [0.4, 0.5) is 0 Å². The third-order valence-corrected chi connectivity index (χ3v) is 3.76. The van der Waals surface area contributed by atoms with Crippen molar-refractivity contribution in [3.05, 3.63) is 29.0 Å². The second-order valence-electron chi connectivity index (χ2n) is 4.91. The molecule has 2 unspecified atom stereocenters. The molecule has 18 heavy (non-hydrogen) atoms. The molecule has 98 valence electrons. The highest BCUT2D eigenvalue weighted by molar-refractivity contribution is 6.29. The van der Waals surface area contributed by atoms with E-state index in [0.29, 0.717) is 24.3 Å². The molecule has 2 N–H and O–H groups in total. The molecule has 2 heterocycles. The summed E-state index contributed by atoms with van der Waals surface area (Å²) in [6, 6.07) is 6.05. The molecule has 0 saturated carbocycles. The molecule has 2 atom stereocenters. The lowest BCUT2D eigenvalue weighted by atomic mass is 9.93. The van der Waals surface area contributed by atoms with Crippen LogP contribution in [0.25, 0.3) is 0 Å². The number of pyridine rings is 1. The third kappa shape index (κ3) is 3.21. The summed E-state index contributed by atoms with van der Waals surface area (Å²) in [6.07, 6.45) is 1.88. The second kappa shape index (κ2) is 5.67. The summed E-state index contributed by atoms with van der Waals surface area (Å²) in [5, 5.41) is 0.503. The maximum absolute atomic E-state index is 11.3. The van der Waals surface area contributed by atoms with Gasteiger partial charge in [0.2, 0.25) is 5.91 Å². The number of amides is 1. The summed E-state index contributed by atoms with van der Waals surface area (Å²) in [7, 11) is 0. The van der Waals surface area contributed by atoms with Crippen LogP contribution in [0, 0.1) is 5.92 Å². The fraction of sp³-hybridized carbons (Fsp3) is 0.538. The SMILES string of the molecule is CC1CCC(C(N)=O)CN1Cc1cccc(Cl)n1. The molecule has 0 bridgehead atoms. The predicted octanol–water partition coefficient (Wildman–Crippen LogP) is 1.82. The minimum atomic E-state index is -0.203. The highest BCUT2D eigenvalue weighted by Crippen LogP contribution is 2.23. The van der Waals surface area contributed by atoms with Crippen molar-refractivity contribution >= 4 is 17.5 Å². The van der Waals surface area contributed by atoms with Crippen LogP contribution in [0.5, 0.6) is 0 Å². The zero-order chi connectivity index (χ0) is 13.1. The summed E-state index contributed by atoms with van der Waals surface area (Å²) in [4.78, 5) is 17.8. The van der Waals surface area contributed by atoms with Gasteiger partial charge in [-0.3, -0.25) is 9.69 Å². The number of piperidine rings is 1. The van der Waals surface area contributed by atoms with Crippen LogP contribution in [-0.2, 0) is 11.3 Å². The summed E-state index contributed by atoms with van der Waals surface area (Å²) >= 11 is 5.87. The molecule has 5 heteroatoms. The zero-order valence-electron chi connectivity index (χ0n) is 10.5. The average Bonchev–Trinajstić information content (AvgIpc) is 2.31. The van der Waals surface area contributed by atoms with Crippen LogP contribution >= 0.6 is 11.6 Å². The first kappa shape index (κ1) is 13.3. The number of nitrogens with zero attached hydrogens (tertiary/aromatic N) is 2. The van der Waals surface area contributed by atoms with Gasteiger partial charge in [0.25, 0.3) is 0 Å². The fourth-order valence-electron chi connectivity index (χ4n) is 2.38. The topological polar surface area (TPSA) is 59.2 Å². The van der Waals surface area contributed by atoms with Crippen molar-refractivity contribution in [1.82, 2.24) is 9.88 Å². The molecule has 0 aromatic carbocycles. The summed E-state index contributed by atoms with van der Waals surface area (Å²) in [6.45, 7) is 3.60. The van der Waals surface area contributed by atoms with E-state index in [1.54, 1.807) is 6.07 Å². The molecule has 1 amide bonds. The highest BCUT2D eigenvalue weighted by Gasteiger charge is 2.28. The lowest BCUT2D eigenvalue weighted by Crippen LogP contribution is -2.45. The summed E-state index contributed by atoms with van der Waals surface area (Å²) in [5.41, 5.74) is 6.32. The van der Waals surface area contributed by atoms with Gasteiger partial charge in [-0.05, 0) is 31.9 Å². The molecule has 1 saturated heterocycles. The number of likely N-dealkylation sites (tertiary alicyclic amines) is 1. The van der Waals surface area contributed by atoms with Crippen LogP contribution in [0.15, 0.2) is 18.2 Å². The minimum Gasteiger partial charge on any atom is -0.369 e. The lowest BCUT2D eigenvalue weighted by molar-refractivity contribution is -0.124. The minimum absolute atomic E-state index is 0.0413. The van der Waals surface area contributed by atoms with Crippen molar-refractivity contribution in [1.29, 1.82) is 0 Å². The Balaban J connectivity index is 2.04. The van der Waals surface area contributed by atoms with Gasteiger partial charge in [-0.15, -0.1) is 0 Å². The van der Waals surface area contributed by atoms with Crippen LogP contribution in [0.2, 0.25) is 5.15 Å². The number of halogens is 1. The van der Waals surface area contributed by atoms with E-state index in [0.717, 1.165) is 18.5 Å². The van der Waals surface area contributed by atoms with E-state index in [9.17, 15) is 4.79 Å². The number of aromatic nitrogens is 1. The number of hydrogen-bond acceptors (Lipinski definition) is 3. The van der Waals surface area contributed by atoms with E-state index in [1.807, 2.05) is 12.1 Å². The first-order valence-corrected chi connectivity index (χ1v) is 6.59. The van der Waals surface area contributed by atoms with Gasteiger partial charge in [0.05, 0.1) is 11.6 Å². The van der Waals surface area contributed by atoms with Crippen molar-refractivity contribution < 1.29 is 4.79 Å². The predicted molar refractivity (Wildman–Crippen MR) is 71.0 cm³/mol. The number of primary amides is 1. The van der Waals surface area contributed by atoms with E-state index in [1.165, 1.54) is 0 Å². The molecule has 0 radical (unpaired) electrons. The molecular formula is C13H18ClN3O. The number of hydrogen-bond donors (Lipinski definition) is 1. The Morgan fingerprint density at radius 3 is 3.00 bits per heavy atom. The highest BCUT2D eigenvalue weighted by atomic mass is 35.5. The third-order valence-electron chi connectivity index (χ3n) is 3.55. The molecular weight excluding hydrogens is 250 g/mol. The monoisotopic (exact) mass is 267 g/mol. The largest absolute Gasteiger partial charge is 0.369 e. The van der Waals surface area contributed by atoms with Crippen molar-refractivity contribution in [2.75, 3.05) is 6.54 Å². The van der Waals surface area contributed by atoms with Gasteiger partial charge >= 0.3 is 0 Å². The van der Waals surface area contributed by atoms with Gasteiger partial charge in [0.15, 0.2) is 0 Å². The van der Waals surface area contributed by atoms with Crippen molar-refractivity contribution in [2.45, 2.75) is 32.4 Å². The molecule has 1 aliphatic rings. The molecule has 1 aromatic heterocycles. The Morgan fingerprint density at radius 1 is 1.56 bits per heavy atom. The van der Waals surface area contributed by atoms with Gasteiger partial charge < -0.3 is 5.73 Å². The smallest absolute Gasteiger partial charge is 0.221 e. The molecule has 1 fully saturated rings. The zero-order valence-corrected chi connectivity index (χ0v) is 11.2. The van der Waals surface area contributed by atoms with E-state index >= 15 is 0 Å². The standard InChI is InChI=1S/C13H18ClN3O/c1-9-5-6-10(13(15)18)7-17(9)8-11-3-2-4-12(14)16-11/h2-4,9-10H,5-8H2,1H3,(H2,15,18). The summed E-state index contributed by atoms with van der Waals surface area (Å²) in [5.74, 6) is -0.244. The van der Waals surface area contributed by atoms with Gasteiger partial charge in [0.1, 0.15) is 5.15 Å². The van der Waals surface area contributed by atoms with Crippen molar-refractivity contribution in [3.8, 4) is 0 Å². The van der Waals surface area contributed by atoms with Crippen LogP contribution in [-0.4, -0.2) is 28.4 Å². The Labute approximate surface area is 112 Å². The molecule has 4 nitrogen and oxygen atoms in total. The van der Waals surface area contributed by atoms with Gasteiger partial charge in [0, 0.05) is 19.1 Å². The summed E-state index contributed by atoms with van der Waals surface area (Å²) < 4.78 is 0. The van der Waals surface area contributed by atoms with Crippen LogP contribution in [0.1, 0.15) is 25.5 Å². The lowest BCUT2D eigenvalue weighted by Gasteiger charge is -2.36. The number of carbonyl (C=O) groups excluding carboxylic acids is 1. The van der Waals surface area contributed by atoms with E-state index in [-0.39, 0.29) is 11.8 Å². The average molecular weight is 268 g/mol. The number of carbonyl (C=O) groups is 1. The first-order chi connectivity index (χ1) is 8.56. The van der Waals surface area contributed by atoms with Crippen LogP contribution < -0.4 is 5.73 Å². The molecule has 0 spiro atoms. The molecule has 1 aliphatic heterocycles. The normalized spacial score (nSPS) is 25.0. The van der Waals surface area contributed by atoms with E-state index in [4.69, 9.17) is 17.3 Å². The maximum Gasteiger partial charge on any atom is 0.221 e. The Morgan fingerprint density at radius 2 is 2.33 bits per heavy atom. The Bertz CT molecular complexity index is 438. The Hall–Kier alpha value is -1.13. The fourth-order valence-corrected chi connectivity index (χ4v) is 2.56. The van der Waals surface area contributed by atoms with Gasteiger partial charge in [-0.1, -0.05) is 17.7 Å². The number of rotatable bonds is 3. The maximum atomic E-state index is 11.3. The molecule has 1 aromatic rings. The van der Waals surface area contributed by atoms with E-state index < -0.39 is 0 Å². The van der Waals surface area contributed by atoms with Crippen molar-refractivity contribution in [3.63, 3.8) is 0 Å². The first-order valence-electron chi connectivity index (χ1n) is 6.21. The number of nitrogens with two attached hydrogens (primary N) is 1. The van der Waals surface area contributed by atoms with E-state index in [2.05, 4.69) is 16.8 Å². The van der Waals surface area contributed by atoms with Gasteiger partial charge in [-0.25, -0.2) is 4.98 Å². The van der Waals surface area contributed by atoms with Crippen molar-refractivity contribution in [2.24, 2.45) is 11.7 Å². The quantitative estimate of drug-likeness (QED) is 0.850. The molecule has 2 rings (SSSR count). The van der Waals surface area contributed by atoms with Crippen LogP contribution in [0.3, 0.4) is 0 Å². The second-order valence-corrected chi connectivity index (χ2v) is 5.29. The Kier molecular flexibility index (Phi) is 4.19. The molecule has 0 aliphatic carbocycles. The van der Waals surface area contributed by atoms with Gasteiger partial charge in [-0.2, -0.15) is 0 Å².